The minimum Gasteiger partial charge on any atom is -0.492 e. The van der Waals surface area contributed by atoms with Crippen LogP contribution in [0.5, 0.6) is 17.2 Å². The van der Waals surface area contributed by atoms with Gasteiger partial charge in [0.2, 0.25) is 12.7 Å². The van der Waals surface area contributed by atoms with E-state index in [4.69, 9.17) is 14.2 Å². The van der Waals surface area contributed by atoms with Gasteiger partial charge in [-0.2, -0.15) is 0 Å². The molecular formula is C17H20N4O4S. The van der Waals surface area contributed by atoms with Crippen molar-refractivity contribution in [2.45, 2.75) is 32.0 Å². The van der Waals surface area contributed by atoms with Crippen LogP contribution in [-0.4, -0.2) is 36.4 Å². The van der Waals surface area contributed by atoms with Gasteiger partial charge in [0, 0.05) is 17.1 Å². The Bertz CT molecular complexity index is 797. The zero-order valence-corrected chi connectivity index (χ0v) is 15.1. The van der Waals surface area contributed by atoms with E-state index in [-0.39, 0.29) is 24.8 Å². The zero-order chi connectivity index (χ0) is 17.9. The van der Waals surface area contributed by atoms with Crippen molar-refractivity contribution >= 4 is 17.2 Å². The molecular weight excluding hydrogens is 356 g/mol. The van der Waals surface area contributed by atoms with Gasteiger partial charge in [0.25, 0.3) is 0 Å². The van der Waals surface area contributed by atoms with Gasteiger partial charge in [0.15, 0.2) is 11.5 Å². The van der Waals surface area contributed by atoms with Crippen molar-refractivity contribution in [3.63, 3.8) is 0 Å². The number of hydrogen-bond acceptors (Lipinski definition) is 8. The first-order chi connectivity index (χ1) is 12.7. The fraction of sp³-hybridized carbons (Fsp3) is 0.412. The molecule has 0 radical (unpaired) electrons. The van der Waals surface area contributed by atoms with Crippen LogP contribution in [-0.2, 0) is 11.3 Å². The van der Waals surface area contributed by atoms with Crippen LogP contribution >= 0.6 is 11.3 Å². The Morgan fingerprint density at radius 2 is 2.27 bits per heavy atom. The van der Waals surface area contributed by atoms with E-state index in [1.54, 1.807) is 11.3 Å². The van der Waals surface area contributed by atoms with Crippen molar-refractivity contribution in [3.8, 4) is 17.2 Å². The normalized spacial score (nSPS) is 21.0. The molecule has 2 atom stereocenters. The predicted molar refractivity (Wildman–Crippen MR) is 95.2 cm³/mol. The van der Waals surface area contributed by atoms with Crippen molar-refractivity contribution < 1.29 is 19.0 Å². The number of carbonyl (C=O) groups is 1. The monoisotopic (exact) mass is 376 g/mol. The highest BCUT2D eigenvalue weighted by molar-refractivity contribution is 7.09. The third kappa shape index (κ3) is 3.90. The Labute approximate surface area is 154 Å². The molecule has 1 amide bonds. The number of hydrogen-bond donors (Lipinski definition) is 3. The summed E-state index contributed by atoms with van der Waals surface area (Å²) in [5.41, 5.74) is 7.10. The molecule has 3 heterocycles. The summed E-state index contributed by atoms with van der Waals surface area (Å²) in [6.45, 7) is 3.08. The third-order valence-electron chi connectivity index (χ3n) is 4.17. The summed E-state index contributed by atoms with van der Waals surface area (Å²) in [5, 5.41) is 5.79. The van der Waals surface area contributed by atoms with Crippen LogP contribution in [0.3, 0.4) is 0 Å². The van der Waals surface area contributed by atoms with Gasteiger partial charge in [-0.25, -0.2) is 10.4 Å². The number of aryl methyl sites for hydroxylation is 1. The Balaban J connectivity index is 1.22. The number of hydrazine groups is 1. The topological polar surface area (TPSA) is 93.7 Å². The van der Waals surface area contributed by atoms with E-state index in [1.165, 1.54) is 0 Å². The molecule has 1 saturated heterocycles. The molecule has 0 spiro atoms. The Kier molecular flexibility index (Phi) is 4.91. The van der Waals surface area contributed by atoms with Gasteiger partial charge in [-0.05, 0) is 25.5 Å². The molecule has 2 aliphatic heterocycles. The number of benzene rings is 1. The Morgan fingerprint density at radius 3 is 3.12 bits per heavy atom. The first-order valence-corrected chi connectivity index (χ1v) is 9.27. The number of nitrogens with zero attached hydrogens (tertiary/aromatic N) is 1. The lowest BCUT2D eigenvalue weighted by molar-refractivity contribution is -0.123. The summed E-state index contributed by atoms with van der Waals surface area (Å²) in [6.07, 6.45) is 0.646. The first-order valence-electron chi connectivity index (χ1n) is 8.39. The lowest BCUT2D eigenvalue weighted by Crippen LogP contribution is -2.43. The number of amides is 1. The van der Waals surface area contributed by atoms with E-state index in [1.807, 2.05) is 30.5 Å². The van der Waals surface area contributed by atoms with Crippen molar-refractivity contribution in [2.24, 2.45) is 0 Å². The number of carbonyl (C=O) groups excluding carboxylic acids is 1. The number of fused-ring (bicyclic) bond motifs is 1. The van der Waals surface area contributed by atoms with Crippen LogP contribution in [0, 0.1) is 6.92 Å². The molecule has 138 valence electrons. The molecule has 26 heavy (non-hydrogen) atoms. The van der Waals surface area contributed by atoms with Gasteiger partial charge in [0.05, 0.1) is 12.6 Å². The van der Waals surface area contributed by atoms with E-state index in [0.717, 1.165) is 16.5 Å². The quantitative estimate of drug-likeness (QED) is 0.695. The maximum atomic E-state index is 12.3. The Hall–Kier alpha value is -2.36. The summed E-state index contributed by atoms with van der Waals surface area (Å²) in [4.78, 5) is 16.6. The molecule has 4 rings (SSSR count). The van der Waals surface area contributed by atoms with Crippen molar-refractivity contribution in [3.05, 3.63) is 34.3 Å². The van der Waals surface area contributed by atoms with Gasteiger partial charge < -0.3 is 19.5 Å². The maximum absolute atomic E-state index is 12.3. The fourth-order valence-electron chi connectivity index (χ4n) is 2.84. The minimum atomic E-state index is -0.290. The second-order valence-electron chi connectivity index (χ2n) is 6.20. The molecule has 2 unspecified atom stereocenters. The standard InChI is InChI=1S/C17H20N4O4S/c1-10-8-26-16(19-10)6-18-17(22)13-4-11(20-21-13)7-23-12-2-3-14-15(5-12)25-9-24-14/h2-3,5,8,11,13,20-21H,4,6-7,9H2,1H3,(H,18,22). The van der Waals surface area contributed by atoms with E-state index in [2.05, 4.69) is 21.2 Å². The van der Waals surface area contributed by atoms with E-state index in [9.17, 15) is 4.79 Å². The maximum Gasteiger partial charge on any atom is 0.238 e. The van der Waals surface area contributed by atoms with E-state index >= 15 is 0 Å². The minimum absolute atomic E-state index is 0.0401. The molecule has 1 aromatic carbocycles. The van der Waals surface area contributed by atoms with Gasteiger partial charge in [0.1, 0.15) is 23.4 Å². The predicted octanol–water partition coefficient (Wildman–Crippen LogP) is 1.11. The molecule has 1 aromatic heterocycles. The highest BCUT2D eigenvalue weighted by atomic mass is 32.1. The summed E-state index contributed by atoms with van der Waals surface area (Å²) >= 11 is 1.55. The van der Waals surface area contributed by atoms with Crippen molar-refractivity contribution in [1.29, 1.82) is 0 Å². The second-order valence-corrected chi connectivity index (χ2v) is 7.14. The first kappa shape index (κ1) is 17.1. The third-order valence-corrected chi connectivity index (χ3v) is 5.14. The number of nitrogens with one attached hydrogen (secondary N) is 3. The number of rotatable bonds is 6. The van der Waals surface area contributed by atoms with Gasteiger partial charge in [-0.1, -0.05) is 0 Å². The summed E-state index contributed by atoms with van der Waals surface area (Å²) < 4.78 is 16.4. The average Bonchev–Trinajstić information content (AvgIpc) is 3.38. The smallest absolute Gasteiger partial charge is 0.238 e. The number of aromatic nitrogens is 1. The van der Waals surface area contributed by atoms with Gasteiger partial charge in [-0.3, -0.25) is 10.2 Å². The second kappa shape index (κ2) is 7.48. The van der Waals surface area contributed by atoms with Crippen molar-refractivity contribution in [2.75, 3.05) is 13.4 Å². The Morgan fingerprint density at radius 1 is 1.38 bits per heavy atom. The zero-order valence-electron chi connectivity index (χ0n) is 14.3. The molecule has 2 aliphatic rings. The van der Waals surface area contributed by atoms with Crippen LogP contribution in [0.2, 0.25) is 0 Å². The van der Waals surface area contributed by atoms with E-state index < -0.39 is 0 Å². The van der Waals surface area contributed by atoms with Crippen LogP contribution < -0.4 is 30.4 Å². The molecule has 8 nitrogen and oxygen atoms in total. The molecule has 3 N–H and O–H groups in total. The van der Waals surface area contributed by atoms with Gasteiger partial charge in [-0.15, -0.1) is 11.3 Å². The SMILES string of the molecule is Cc1csc(CNC(=O)C2CC(COc3ccc4c(c3)OCO4)NN2)n1. The van der Waals surface area contributed by atoms with Crippen molar-refractivity contribution in [1.82, 2.24) is 21.2 Å². The highest BCUT2D eigenvalue weighted by Crippen LogP contribution is 2.35. The number of thiazole rings is 1. The lowest BCUT2D eigenvalue weighted by atomic mass is 10.1. The molecule has 1 fully saturated rings. The van der Waals surface area contributed by atoms with Gasteiger partial charge >= 0.3 is 0 Å². The number of ether oxygens (including phenoxy) is 3. The van der Waals surface area contributed by atoms with Crippen LogP contribution in [0.25, 0.3) is 0 Å². The molecule has 2 aromatic rings. The fourth-order valence-corrected chi connectivity index (χ4v) is 3.55. The average molecular weight is 376 g/mol. The van der Waals surface area contributed by atoms with E-state index in [0.29, 0.717) is 31.1 Å². The highest BCUT2D eigenvalue weighted by Gasteiger charge is 2.29. The molecule has 0 saturated carbocycles. The summed E-state index contributed by atoms with van der Waals surface area (Å²) in [6, 6.07) is 5.23. The van der Waals surface area contributed by atoms with Crippen LogP contribution in [0.15, 0.2) is 23.6 Å². The van der Waals surface area contributed by atoms with Crippen LogP contribution in [0.1, 0.15) is 17.1 Å². The summed E-state index contributed by atoms with van der Waals surface area (Å²) in [5.74, 6) is 2.08. The summed E-state index contributed by atoms with van der Waals surface area (Å²) in [7, 11) is 0. The van der Waals surface area contributed by atoms with Crippen LogP contribution in [0.4, 0.5) is 0 Å². The lowest BCUT2D eigenvalue weighted by Gasteiger charge is -2.12. The molecule has 0 aliphatic carbocycles. The molecule has 9 heteroatoms. The molecule has 0 bridgehead atoms. The largest absolute Gasteiger partial charge is 0.492 e.